The van der Waals surface area contributed by atoms with E-state index in [1.165, 1.54) is 6.07 Å². The highest BCUT2D eigenvalue weighted by Crippen LogP contribution is 2.23. The number of hydrogen-bond acceptors (Lipinski definition) is 3. The van der Waals surface area contributed by atoms with E-state index in [0.29, 0.717) is 13.1 Å². The van der Waals surface area contributed by atoms with Crippen LogP contribution in [0.5, 0.6) is 0 Å². The number of hydrogen-bond donors (Lipinski definition) is 2. The second kappa shape index (κ2) is 9.67. The number of nitrogens with one attached hydrogen (secondary N) is 2. The second-order valence-corrected chi connectivity index (χ2v) is 6.30. The largest absolute Gasteiger partial charge is 0.325 e. The van der Waals surface area contributed by atoms with E-state index in [1.54, 1.807) is 12.1 Å². The van der Waals surface area contributed by atoms with E-state index in [4.69, 9.17) is 0 Å². The lowest BCUT2D eigenvalue weighted by atomic mass is 10.0. The lowest BCUT2D eigenvalue weighted by Gasteiger charge is -2.36. The number of anilines is 1. The Morgan fingerprint density at radius 1 is 1.27 bits per heavy atom. The van der Waals surface area contributed by atoms with Gasteiger partial charge in [0.15, 0.2) is 0 Å². The zero-order valence-corrected chi connectivity index (χ0v) is 15.7. The van der Waals surface area contributed by atoms with Gasteiger partial charge in [0.25, 0.3) is 0 Å². The molecule has 2 N–H and O–H groups in total. The van der Waals surface area contributed by atoms with E-state index in [-0.39, 0.29) is 30.2 Å². The molecule has 1 amide bonds. The van der Waals surface area contributed by atoms with Crippen molar-refractivity contribution in [2.45, 2.75) is 19.4 Å². The van der Waals surface area contributed by atoms with Gasteiger partial charge in [0.05, 0.1) is 6.54 Å². The molecule has 1 atom stereocenters. The number of amides is 1. The summed E-state index contributed by atoms with van der Waals surface area (Å²) in [6.07, 6.45) is 0.871. The van der Waals surface area contributed by atoms with E-state index in [2.05, 4.69) is 22.5 Å². The van der Waals surface area contributed by atoms with E-state index in [0.717, 1.165) is 36.3 Å². The van der Waals surface area contributed by atoms with Crippen LogP contribution in [0.1, 0.15) is 24.1 Å². The zero-order chi connectivity index (χ0) is 17.6. The van der Waals surface area contributed by atoms with Crippen molar-refractivity contribution in [2.75, 3.05) is 31.5 Å². The lowest BCUT2D eigenvalue weighted by Crippen LogP contribution is -2.48. The van der Waals surface area contributed by atoms with Crippen molar-refractivity contribution in [3.05, 3.63) is 65.5 Å². The number of halogens is 2. The Labute approximate surface area is 160 Å². The van der Waals surface area contributed by atoms with Crippen LogP contribution in [0.2, 0.25) is 0 Å². The molecule has 2 aromatic rings. The predicted octanol–water partition coefficient (Wildman–Crippen LogP) is 3.39. The molecule has 0 aliphatic carbocycles. The van der Waals surface area contributed by atoms with Crippen molar-refractivity contribution in [3.8, 4) is 0 Å². The molecule has 26 heavy (non-hydrogen) atoms. The predicted molar refractivity (Wildman–Crippen MR) is 105 cm³/mol. The fraction of sp³-hybridized carbons (Fsp3) is 0.350. The summed E-state index contributed by atoms with van der Waals surface area (Å²) >= 11 is 0. The first-order valence-electron chi connectivity index (χ1n) is 8.75. The van der Waals surface area contributed by atoms with Gasteiger partial charge in [0.1, 0.15) is 5.82 Å². The second-order valence-electron chi connectivity index (χ2n) is 6.30. The Kier molecular flexibility index (Phi) is 7.57. The number of nitrogens with zero attached hydrogens (tertiary/aromatic N) is 1. The molecule has 0 aromatic heterocycles. The highest BCUT2D eigenvalue weighted by atomic mass is 35.5. The minimum absolute atomic E-state index is 0. The third-order valence-electron chi connectivity index (χ3n) is 4.61. The van der Waals surface area contributed by atoms with Gasteiger partial charge in [-0.25, -0.2) is 4.39 Å². The molecule has 0 spiro atoms. The average Bonchev–Trinajstić information content (AvgIpc) is 2.62. The van der Waals surface area contributed by atoms with E-state index >= 15 is 0 Å². The number of rotatable bonds is 5. The van der Waals surface area contributed by atoms with Crippen molar-refractivity contribution in [2.24, 2.45) is 0 Å². The van der Waals surface area contributed by atoms with Crippen molar-refractivity contribution in [1.29, 1.82) is 0 Å². The average molecular weight is 378 g/mol. The fourth-order valence-corrected chi connectivity index (χ4v) is 3.30. The van der Waals surface area contributed by atoms with E-state index in [9.17, 15) is 9.18 Å². The van der Waals surface area contributed by atoms with Crippen LogP contribution in [0, 0.1) is 5.82 Å². The summed E-state index contributed by atoms with van der Waals surface area (Å²) in [7, 11) is 0. The summed E-state index contributed by atoms with van der Waals surface area (Å²) in [5, 5.41) is 6.35. The van der Waals surface area contributed by atoms with Gasteiger partial charge < -0.3 is 10.6 Å². The smallest absolute Gasteiger partial charge is 0.238 e. The van der Waals surface area contributed by atoms with Crippen molar-refractivity contribution in [1.82, 2.24) is 10.2 Å². The standard InChI is InChI=1S/C20H24FN3O.ClH/c1-2-15-6-3-4-9-18(15)23-20(25)14-24-11-10-22-13-19(24)16-7-5-8-17(21)12-16;/h3-9,12,19,22H,2,10-11,13-14H2,1H3,(H,23,25);1H. The third kappa shape index (κ3) is 5.04. The topological polar surface area (TPSA) is 44.4 Å². The van der Waals surface area contributed by atoms with Crippen LogP contribution in [-0.2, 0) is 11.2 Å². The van der Waals surface area contributed by atoms with Gasteiger partial charge in [-0.05, 0) is 35.7 Å². The summed E-state index contributed by atoms with van der Waals surface area (Å²) < 4.78 is 13.6. The molecule has 1 saturated heterocycles. The van der Waals surface area contributed by atoms with Crippen LogP contribution in [0.4, 0.5) is 10.1 Å². The first kappa shape index (κ1) is 20.4. The molecule has 4 nitrogen and oxygen atoms in total. The Hall–Kier alpha value is -1.95. The van der Waals surface area contributed by atoms with Crippen molar-refractivity contribution in [3.63, 3.8) is 0 Å². The van der Waals surface area contributed by atoms with Gasteiger partial charge >= 0.3 is 0 Å². The summed E-state index contributed by atoms with van der Waals surface area (Å²) in [5.74, 6) is -0.284. The van der Waals surface area contributed by atoms with Gasteiger partial charge in [-0.15, -0.1) is 12.4 Å². The molecule has 140 valence electrons. The first-order chi connectivity index (χ1) is 12.2. The molecule has 0 saturated carbocycles. The maximum Gasteiger partial charge on any atom is 0.238 e. The quantitative estimate of drug-likeness (QED) is 0.839. The molecule has 6 heteroatoms. The Morgan fingerprint density at radius 2 is 2.08 bits per heavy atom. The van der Waals surface area contributed by atoms with Crippen LogP contribution < -0.4 is 10.6 Å². The molecule has 3 rings (SSSR count). The highest BCUT2D eigenvalue weighted by molar-refractivity contribution is 5.93. The van der Waals surface area contributed by atoms with Gasteiger partial charge in [-0.2, -0.15) is 0 Å². The Morgan fingerprint density at radius 3 is 2.85 bits per heavy atom. The summed E-state index contributed by atoms with van der Waals surface area (Å²) in [5.41, 5.74) is 2.89. The molecular formula is C20H25ClFN3O. The van der Waals surface area contributed by atoms with Crippen LogP contribution in [0.25, 0.3) is 0 Å². The molecule has 1 fully saturated rings. The van der Waals surface area contributed by atoms with Gasteiger partial charge in [0, 0.05) is 31.4 Å². The molecule has 0 radical (unpaired) electrons. The molecule has 1 heterocycles. The summed E-state index contributed by atoms with van der Waals surface area (Å²) in [6.45, 7) is 4.65. The molecule has 0 bridgehead atoms. The first-order valence-corrected chi connectivity index (χ1v) is 8.75. The SMILES string of the molecule is CCc1ccccc1NC(=O)CN1CCNCC1c1cccc(F)c1.Cl. The van der Waals surface area contributed by atoms with Crippen molar-refractivity contribution < 1.29 is 9.18 Å². The van der Waals surface area contributed by atoms with Crippen LogP contribution >= 0.6 is 12.4 Å². The zero-order valence-electron chi connectivity index (χ0n) is 14.9. The van der Waals surface area contributed by atoms with Gasteiger partial charge in [-0.3, -0.25) is 9.69 Å². The minimum atomic E-state index is -0.246. The maximum absolute atomic E-state index is 13.6. The lowest BCUT2D eigenvalue weighted by molar-refractivity contribution is -0.118. The fourth-order valence-electron chi connectivity index (χ4n) is 3.30. The van der Waals surface area contributed by atoms with Gasteiger partial charge in [-0.1, -0.05) is 37.3 Å². The number of carbonyl (C=O) groups is 1. The number of aryl methyl sites for hydroxylation is 1. The Balaban J connectivity index is 0.00000243. The maximum atomic E-state index is 13.6. The molecular weight excluding hydrogens is 353 g/mol. The number of carbonyl (C=O) groups excluding carboxylic acids is 1. The van der Waals surface area contributed by atoms with Crippen LogP contribution in [0.3, 0.4) is 0 Å². The van der Waals surface area contributed by atoms with E-state index < -0.39 is 0 Å². The molecule has 1 unspecified atom stereocenters. The van der Waals surface area contributed by atoms with Crippen LogP contribution in [0.15, 0.2) is 48.5 Å². The summed E-state index contributed by atoms with van der Waals surface area (Å²) in [6, 6.07) is 14.5. The highest BCUT2D eigenvalue weighted by Gasteiger charge is 2.25. The van der Waals surface area contributed by atoms with Crippen molar-refractivity contribution >= 4 is 24.0 Å². The normalized spacial score (nSPS) is 17.4. The molecule has 2 aromatic carbocycles. The number of piperazine rings is 1. The monoisotopic (exact) mass is 377 g/mol. The third-order valence-corrected chi connectivity index (χ3v) is 4.61. The van der Waals surface area contributed by atoms with Crippen LogP contribution in [-0.4, -0.2) is 37.0 Å². The molecule has 1 aliphatic rings. The number of para-hydroxylation sites is 1. The Bertz CT molecular complexity index is 741. The molecule has 1 aliphatic heterocycles. The minimum Gasteiger partial charge on any atom is -0.325 e. The van der Waals surface area contributed by atoms with Gasteiger partial charge in [0.2, 0.25) is 5.91 Å². The number of benzene rings is 2. The van der Waals surface area contributed by atoms with E-state index in [1.807, 2.05) is 30.3 Å². The summed E-state index contributed by atoms with van der Waals surface area (Å²) in [4.78, 5) is 14.7.